The second-order valence-corrected chi connectivity index (χ2v) is 4.05. The third-order valence-electron chi connectivity index (χ3n) is 2.69. The maximum absolute atomic E-state index is 11.1. The molecule has 0 aliphatic heterocycles. The summed E-state index contributed by atoms with van der Waals surface area (Å²) in [7, 11) is 3.37. The first-order chi connectivity index (χ1) is 9.10. The summed E-state index contributed by atoms with van der Waals surface area (Å²) in [5.41, 5.74) is 1.55. The second-order valence-electron chi connectivity index (χ2n) is 4.05. The number of methoxy groups -OCH3 is 1. The number of aryl methyl sites for hydroxylation is 1. The molecule has 0 fully saturated rings. The van der Waals surface area contributed by atoms with Gasteiger partial charge in [0.05, 0.1) is 30.6 Å². The van der Waals surface area contributed by atoms with Gasteiger partial charge in [-0.3, -0.25) is 4.68 Å². The van der Waals surface area contributed by atoms with Gasteiger partial charge in [0.1, 0.15) is 5.75 Å². The molecule has 0 spiro atoms. The largest absolute Gasteiger partial charge is 0.497 e. The lowest BCUT2D eigenvalue weighted by Gasteiger charge is -2.10. The van der Waals surface area contributed by atoms with E-state index < -0.39 is 5.97 Å². The SMILES string of the molecule is COc1ccc(C(=O)O)c(NCc2ccn(C)n2)c1. The van der Waals surface area contributed by atoms with Crippen LogP contribution in [0.25, 0.3) is 0 Å². The topological polar surface area (TPSA) is 76.4 Å². The third kappa shape index (κ3) is 3.04. The van der Waals surface area contributed by atoms with Crippen LogP contribution >= 0.6 is 0 Å². The highest BCUT2D eigenvalue weighted by molar-refractivity contribution is 5.94. The van der Waals surface area contributed by atoms with Crippen molar-refractivity contribution in [3.8, 4) is 5.75 Å². The molecule has 6 heteroatoms. The smallest absolute Gasteiger partial charge is 0.337 e. The zero-order valence-electron chi connectivity index (χ0n) is 10.8. The zero-order valence-corrected chi connectivity index (χ0v) is 10.8. The molecule has 0 aliphatic carbocycles. The van der Waals surface area contributed by atoms with Crippen LogP contribution in [-0.4, -0.2) is 28.0 Å². The van der Waals surface area contributed by atoms with Gasteiger partial charge in [0, 0.05) is 19.3 Å². The molecule has 6 nitrogen and oxygen atoms in total. The Morgan fingerprint density at radius 1 is 1.47 bits per heavy atom. The van der Waals surface area contributed by atoms with Crippen LogP contribution in [0.2, 0.25) is 0 Å². The van der Waals surface area contributed by atoms with E-state index in [-0.39, 0.29) is 5.56 Å². The van der Waals surface area contributed by atoms with E-state index in [1.165, 1.54) is 13.2 Å². The molecule has 0 amide bonds. The number of aromatic nitrogens is 2. The molecule has 0 saturated carbocycles. The van der Waals surface area contributed by atoms with E-state index in [1.54, 1.807) is 16.8 Å². The highest BCUT2D eigenvalue weighted by Gasteiger charge is 2.11. The number of anilines is 1. The fraction of sp³-hybridized carbons (Fsp3) is 0.231. The Bertz CT molecular complexity index is 593. The summed E-state index contributed by atoms with van der Waals surface area (Å²) in [6, 6.07) is 6.66. The fourth-order valence-corrected chi connectivity index (χ4v) is 1.73. The standard InChI is InChI=1S/C13H15N3O3/c1-16-6-5-9(15-16)8-14-12-7-10(19-2)3-4-11(12)13(17)18/h3-7,14H,8H2,1-2H3,(H,17,18). The van der Waals surface area contributed by atoms with E-state index in [0.717, 1.165) is 5.69 Å². The molecule has 0 saturated heterocycles. The minimum absolute atomic E-state index is 0.205. The van der Waals surface area contributed by atoms with Gasteiger partial charge in [-0.1, -0.05) is 0 Å². The van der Waals surface area contributed by atoms with Gasteiger partial charge in [0.15, 0.2) is 0 Å². The van der Waals surface area contributed by atoms with Crippen LogP contribution in [0.1, 0.15) is 16.1 Å². The lowest BCUT2D eigenvalue weighted by molar-refractivity contribution is 0.0698. The summed E-state index contributed by atoms with van der Waals surface area (Å²) in [4.78, 5) is 11.1. The number of nitrogens with one attached hydrogen (secondary N) is 1. The maximum Gasteiger partial charge on any atom is 0.337 e. The van der Waals surface area contributed by atoms with Gasteiger partial charge in [-0.25, -0.2) is 4.79 Å². The summed E-state index contributed by atoms with van der Waals surface area (Å²) in [6.07, 6.45) is 1.83. The first-order valence-electron chi connectivity index (χ1n) is 5.74. The zero-order chi connectivity index (χ0) is 13.8. The van der Waals surface area contributed by atoms with Crippen molar-refractivity contribution in [2.75, 3.05) is 12.4 Å². The van der Waals surface area contributed by atoms with E-state index in [4.69, 9.17) is 9.84 Å². The Balaban J connectivity index is 2.19. The average Bonchev–Trinajstić information content (AvgIpc) is 2.81. The summed E-state index contributed by atoms with van der Waals surface area (Å²) >= 11 is 0. The van der Waals surface area contributed by atoms with E-state index in [9.17, 15) is 4.79 Å². The Morgan fingerprint density at radius 3 is 2.84 bits per heavy atom. The van der Waals surface area contributed by atoms with Crippen molar-refractivity contribution >= 4 is 11.7 Å². The monoisotopic (exact) mass is 261 g/mol. The number of carboxylic acids is 1. The van der Waals surface area contributed by atoms with Crippen molar-refractivity contribution < 1.29 is 14.6 Å². The minimum Gasteiger partial charge on any atom is -0.497 e. The van der Waals surface area contributed by atoms with Crippen LogP contribution in [0.5, 0.6) is 5.75 Å². The number of benzene rings is 1. The quantitative estimate of drug-likeness (QED) is 0.857. The van der Waals surface area contributed by atoms with Gasteiger partial charge in [-0.2, -0.15) is 5.10 Å². The number of carbonyl (C=O) groups is 1. The van der Waals surface area contributed by atoms with Gasteiger partial charge in [0.2, 0.25) is 0 Å². The number of aromatic carboxylic acids is 1. The number of nitrogens with zero attached hydrogens (tertiary/aromatic N) is 2. The molecule has 1 heterocycles. The molecule has 2 rings (SSSR count). The summed E-state index contributed by atoms with van der Waals surface area (Å²) < 4.78 is 6.79. The highest BCUT2D eigenvalue weighted by Crippen LogP contribution is 2.23. The minimum atomic E-state index is -0.980. The van der Waals surface area contributed by atoms with Crippen molar-refractivity contribution in [2.45, 2.75) is 6.54 Å². The van der Waals surface area contributed by atoms with Gasteiger partial charge in [-0.05, 0) is 18.2 Å². The van der Waals surface area contributed by atoms with Crippen molar-refractivity contribution in [3.05, 3.63) is 41.7 Å². The highest BCUT2D eigenvalue weighted by atomic mass is 16.5. The molecule has 2 aromatic rings. The third-order valence-corrected chi connectivity index (χ3v) is 2.69. The molecule has 19 heavy (non-hydrogen) atoms. The Morgan fingerprint density at radius 2 is 2.26 bits per heavy atom. The molecule has 0 radical (unpaired) electrons. The molecule has 0 bridgehead atoms. The van der Waals surface area contributed by atoms with Crippen molar-refractivity contribution in [1.82, 2.24) is 9.78 Å². The average molecular weight is 261 g/mol. The number of hydrogen-bond acceptors (Lipinski definition) is 4. The predicted octanol–water partition coefficient (Wildman–Crippen LogP) is 1.74. The summed E-state index contributed by atoms with van der Waals surface area (Å²) in [6.45, 7) is 0.453. The maximum atomic E-state index is 11.1. The predicted molar refractivity (Wildman–Crippen MR) is 70.5 cm³/mol. The molecule has 0 aliphatic rings. The number of hydrogen-bond donors (Lipinski definition) is 2. The first kappa shape index (κ1) is 12.9. The van der Waals surface area contributed by atoms with E-state index in [2.05, 4.69) is 10.4 Å². The number of ether oxygens (including phenoxy) is 1. The molecule has 0 unspecified atom stereocenters. The van der Waals surface area contributed by atoms with Crippen molar-refractivity contribution in [3.63, 3.8) is 0 Å². The Hall–Kier alpha value is -2.50. The van der Waals surface area contributed by atoms with Crippen LogP contribution in [0.4, 0.5) is 5.69 Å². The Kier molecular flexibility index (Phi) is 3.70. The lowest BCUT2D eigenvalue weighted by atomic mass is 10.1. The lowest BCUT2D eigenvalue weighted by Crippen LogP contribution is -2.07. The van der Waals surface area contributed by atoms with Gasteiger partial charge >= 0.3 is 5.97 Å². The normalized spacial score (nSPS) is 10.2. The van der Waals surface area contributed by atoms with Crippen LogP contribution in [0.3, 0.4) is 0 Å². The molecule has 2 N–H and O–H groups in total. The molecular formula is C13H15N3O3. The van der Waals surface area contributed by atoms with Crippen molar-refractivity contribution in [2.24, 2.45) is 7.05 Å². The summed E-state index contributed by atoms with van der Waals surface area (Å²) in [5.74, 6) is -0.375. The van der Waals surface area contributed by atoms with Gasteiger partial charge in [0.25, 0.3) is 0 Å². The summed E-state index contributed by atoms with van der Waals surface area (Å²) in [5, 5.41) is 16.4. The van der Waals surface area contributed by atoms with E-state index in [1.807, 2.05) is 19.3 Å². The fourth-order valence-electron chi connectivity index (χ4n) is 1.73. The molecule has 100 valence electrons. The van der Waals surface area contributed by atoms with Crippen molar-refractivity contribution in [1.29, 1.82) is 0 Å². The number of carboxylic acid groups (broad SMARTS) is 1. The van der Waals surface area contributed by atoms with Crippen LogP contribution < -0.4 is 10.1 Å². The molecule has 1 aromatic heterocycles. The van der Waals surface area contributed by atoms with E-state index >= 15 is 0 Å². The van der Waals surface area contributed by atoms with Crippen LogP contribution in [-0.2, 0) is 13.6 Å². The first-order valence-corrected chi connectivity index (χ1v) is 5.74. The number of rotatable bonds is 5. The van der Waals surface area contributed by atoms with Gasteiger partial charge in [-0.15, -0.1) is 0 Å². The molecule has 1 aromatic carbocycles. The molecular weight excluding hydrogens is 246 g/mol. The van der Waals surface area contributed by atoms with Gasteiger partial charge < -0.3 is 15.2 Å². The van der Waals surface area contributed by atoms with Crippen LogP contribution in [0.15, 0.2) is 30.5 Å². The Labute approximate surface area is 110 Å². The second kappa shape index (κ2) is 5.43. The molecule has 0 atom stereocenters. The van der Waals surface area contributed by atoms with Crippen LogP contribution in [0, 0.1) is 0 Å². The van der Waals surface area contributed by atoms with E-state index in [0.29, 0.717) is 18.0 Å².